The molecule has 0 aliphatic heterocycles. The van der Waals surface area contributed by atoms with Crippen LogP contribution >= 0.6 is 0 Å². The van der Waals surface area contributed by atoms with Gasteiger partial charge in [-0.15, -0.1) is 10.2 Å². The molecule has 7 nitrogen and oxygen atoms in total. The molecule has 0 fully saturated rings. The van der Waals surface area contributed by atoms with Crippen molar-refractivity contribution >= 4 is 5.65 Å². The van der Waals surface area contributed by atoms with Gasteiger partial charge in [0.25, 0.3) is 0 Å². The van der Waals surface area contributed by atoms with E-state index in [0.717, 1.165) is 16.8 Å². The second-order valence-corrected chi connectivity index (χ2v) is 5.00. The first-order valence-corrected chi connectivity index (χ1v) is 7.27. The predicted molar refractivity (Wildman–Crippen MR) is 87.1 cm³/mol. The van der Waals surface area contributed by atoms with Crippen LogP contribution in [0.2, 0.25) is 0 Å². The van der Waals surface area contributed by atoms with Crippen LogP contribution in [0.3, 0.4) is 0 Å². The molecule has 0 amide bonds. The largest absolute Gasteiger partial charge is 0.480 e. The van der Waals surface area contributed by atoms with Crippen molar-refractivity contribution in [3.05, 3.63) is 61.2 Å². The smallest absolute Gasteiger partial charge is 0.325 e. The number of aromatic nitrogens is 5. The molecule has 0 aliphatic rings. The molecule has 0 saturated heterocycles. The maximum atomic E-state index is 5.64. The molecule has 3 heterocycles. The van der Waals surface area contributed by atoms with Gasteiger partial charge in [0.05, 0.1) is 12.7 Å². The number of ether oxygens (including phenoxy) is 2. The highest BCUT2D eigenvalue weighted by Crippen LogP contribution is 2.30. The number of para-hydroxylation sites is 1. The summed E-state index contributed by atoms with van der Waals surface area (Å²) in [5.41, 5.74) is 2.42. The van der Waals surface area contributed by atoms with Crippen LogP contribution in [0.15, 0.2) is 61.2 Å². The van der Waals surface area contributed by atoms with Gasteiger partial charge in [0, 0.05) is 18.0 Å². The Morgan fingerprint density at radius 1 is 1.04 bits per heavy atom. The number of hydrogen-bond donors (Lipinski definition) is 0. The van der Waals surface area contributed by atoms with Gasteiger partial charge in [-0.05, 0) is 24.3 Å². The summed E-state index contributed by atoms with van der Waals surface area (Å²) in [6.07, 6.45) is 5.21. The third-order valence-corrected chi connectivity index (χ3v) is 3.48. The van der Waals surface area contributed by atoms with Gasteiger partial charge >= 0.3 is 6.01 Å². The molecule has 0 N–H and O–H groups in total. The number of methoxy groups -OCH3 is 1. The van der Waals surface area contributed by atoms with Crippen LogP contribution in [-0.4, -0.2) is 31.7 Å². The number of rotatable bonds is 4. The zero-order valence-corrected chi connectivity index (χ0v) is 12.8. The lowest BCUT2D eigenvalue weighted by Gasteiger charge is -2.09. The Kier molecular flexibility index (Phi) is 3.51. The topological polar surface area (TPSA) is 74.4 Å². The average molecular weight is 319 g/mol. The Bertz CT molecular complexity index is 985. The third kappa shape index (κ3) is 2.63. The summed E-state index contributed by atoms with van der Waals surface area (Å²) in [5, 5.41) is 7.86. The number of fused-ring (bicyclic) bond motifs is 1. The van der Waals surface area contributed by atoms with Gasteiger partial charge in [0.2, 0.25) is 5.88 Å². The Hall–Kier alpha value is -3.48. The number of hydrogen-bond acceptors (Lipinski definition) is 6. The summed E-state index contributed by atoms with van der Waals surface area (Å²) in [7, 11) is 1.56. The van der Waals surface area contributed by atoms with Gasteiger partial charge in [0.1, 0.15) is 12.1 Å². The molecule has 0 bridgehead atoms. The standard InChI is InChI=1S/C17H13N5O2/c1-23-16-14(12-7-8-15-21-19-11-22(15)10-12)9-18-17(20-16)24-13-5-3-2-4-6-13/h2-11H,1H3. The van der Waals surface area contributed by atoms with E-state index in [0.29, 0.717) is 11.6 Å². The normalized spacial score (nSPS) is 10.7. The highest BCUT2D eigenvalue weighted by Gasteiger charge is 2.12. The molecule has 4 rings (SSSR count). The fourth-order valence-corrected chi connectivity index (χ4v) is 2.33. The summed E-state index contributed by atoms with van der Waals surface area (Å²) in [5.74, 6) is 1.10. The van der Waals surface area contributed by atoms with Crippen molar-refractivity contribution in [2.24, 2.45) is 0 Å². The van der Waals surface area contributed by atoms with Gasteiger partial charge in [-0.2, -0.15) is 4.98 Å². The fourth-order valence-electron chi connectivity index (χ4n) is 2.33. The van der Waals surface area contributed by atoms with Crippen molar-refractivity contribution in [3.8, 4) is 28.8 Å². The molecule has 0 radical (unpaired) electrons. The zero-order chi connectivity index (χ0) is 16.4. The number of nitrogens with zero attached hydrogens (tertiary/aromatic N) is 5. The van der Waals surface area contributed by atoms with E-state index in [-0.39, 0.29) is 6.01 Å². The lowest BCUT2D eigenvalue weighted by molar-refractivity contribution is 0.378. The van der Waals surface area contributed by atoms with Gasteiger partial charge in [0.15, 0.2) is 5.65 Å². The van der Waals surface area contributed by atoms with Crippen LogP contribution in [0.5, 0.6) is 17.6 Å². The van der Waals surface area contributed by atoms with Crippen molar-refractivity contribution < 1.29 is 9.47 Å². The lowest BCUT2D eigenvalue weighted by atomic mass is 10.1. The summed E-state index contributed by atoms with van der Waals surface area (Å²) < 4.78 is 12.9. The molecule has 4 aromatic rings. The predicted octanol–water partition coefficient (Wildman–Crippen LogP) is 2.99. The lowest BCUT2D eigenvalue weighted by Crippen LogP contribution is -1.98. The molecule has 0 unspecified atom stereocenters. The summed E-state index contributed by atoms with van der Waals surface area (Å²) in [6.45, 7) is 0. The SMILES string of the molecule is COc1nc(Oc2ccccc2)ncc1-c1ccc2nncn2c1. The quantitative estimate of drug-likeness (QED) is 0.575. The molecule has 118 valence electrons. The van der Waals surface area contributed by atoms with E-state index in [9.17, 15) is 0 Å². The van der Waals surface area contributed by atoms with E-state index in [2.05, 4.69) is 20.2 Å². The van der Waals surface area contributed by atoms with Gasteiger partial charge < -0.3 is 9.47 Å². The van der Waals surface area contributed by atoms with E-state index in [1.165, 1.54) is 0 Å². The van der Waals surface area contributed by atoms with E-state index < -0.39 is 0 Å². The van der Waals surface area contributed by atoms with Crippen LogP contribution in [-0.2, 0) is 0 Å². The first kappa shape index (κ1) is 14.1. The molecule has 0 atom stereocenters. The van der Waals surface area contributed by atoms with Gasteiger partial charge in [-0.1, -0.05) is 18.2 Å². The Morgan fingerprint density at radius 3 is 2.75 bits per heavy atom. The van der Waals surface area contributed by atoms with Crippen molar-refractivity contribution in [1.82, 2.24) is 24.6 Å². The molecule has 3 aromatic heterocycles. The van der Waals surface area contributed by atoms with E-state index in [4.69, 9.17) is 9.47 Å². The third-order valence-electron chi connectivity index (χ3n) is 3.48. The summed E-state index contributed by atoms with van der Waals surface area (Å²) in [4.78, 5) is 8.61. The minimum Gasteiger partial charge on any atom is -0.480 e. The zero-order valence-electron chi connectivity index (χ0n) is 12.8. The van der Waals surface area contributed by atoms with Crippen LogP contribution < -0.4 is 9.47 Å². The van der Waals surface area contributed by atoms with Gasteiger partial charge in [-0.25, -0.2) is 4.98 Å². The number of pyridine rings is 1. The van der Waals surface area contributed by atoms with Crippen LogP contribution in [0.25, 0.3) is 16.8 Å². The Balaban J connectivity index is 1.70. The molecule has 0 saturated carbocycles. The minimum absolute atomic E-state index is 0.229. The average Bonchev–Trinajstić information content (AvgIpc) is 3.10. The molecule has 1 aromatic carbocycles. The summed E-state index contributed by atoms with van der Waals surface area (Å²) >= 11 is 0. The van der Waals surface area contributed by atoms with Crippen LogP contribution in [0.1, 0.15) is 0 Å². The Morgan fingerprint density at radius 2 is 1.92 bits per heavy atom. The van der Waals surface area contributed by atoms with Crippen molar-refractivity contribution in [2.75, 3.05) is 7.11 Å². The summed E-state index contributed by atoms with van der Waals surface area (Å²) in [6, 6.07) is 13.4. The molecule has 0 spiro atoms. The highest BCUT2D eigenvalue weighted by molar-refractivity contribution is 5.68. The number of benzene rings is 1. The molecule has 24 heavy (non-hydrogen) atoms. The van der Waals surface area contributed by atoms with E-state index >= 15 is 0 Å². The molecule has 0 aliphatic carbocycles. The minimum atomic E-state index is 0.229. The van der Waals surface area contributed by atoms with Crippen LogP contribution in [0.4, 0.5) is 0 Å². The Labute approximate surface area is 137 Å². The highest BCUT2D eigenvalue weighted by atomic mass is 16.5. The van der Waals surface area contributed by atoms with Crippen LogP contribution in [0, 0.1) is 0 Å². The molecule has 7 heteroatoms. The van der Waals surface area contributed by atoms with E-state index in [1.807, 2.05) is 53.1 Å². The molecular formula is C17H13N5O2. The van der Waals surface area contributed by atoms with E-state index in [1.54, 1.807) is 19.6 Å². The maximum absolute atomic E-state index is 5.64. The van der Waals surface area contributed by atoms with Crippen molar-refractivity contribution in [1.29, 1.82) is 0 Å². The maximum Gasteiger partial charge on any atom is 0.325 e. The monoisotopic (exact) mass is 319 g/mol. The van der Waals surface area contributed by atoms with Crippen molar-refractivity contribution in [2.45, 2.75) is 0 Å². The van der Waals surface area contributed by atoms with Crippen molar-refractivity contribution in [3.63, 3.8) is 0 Å². The first-order valence-electron chi connectivity index (χ1n) is 7.27. The molecular weight excluding hydrogens is 306 g/mol. The van der Waals surface area contributed by atoms with Gasteiger partial charge in [-0.3, -0.25) is 4.40 Å². The second-order valence-electron chi connectivity index (χ2n) is 5.00. The fraction of sp³-hybridized carbons (Fsp3) is 0.0588. The second kappa shape index (κ2) is 5.96. The first-order chi connectivity index (χ1) is 11.8.